The van der Waals surface area contributed by atoms with E-state index in [0.29, 0.717) is 0 Å². The molecule has 2 aromatic carbocycles. The number of halogens is 1. The Kier molecular flexibility index (Phi) is 4.27. The maximum absolute atomic E-state index is 9.75. The minimum Gasteiger partial charge on any atom is -0.394 e. The van der Waals surface area contributed by atoms with Crippen LogP contribution < -0.4 is 5.32 Å². The van der Waals surface area contributed by atoms with Crippen molar-refractivity contribution in [2.24, 2.45) is 0 Å². The molecule has 0 saturated carbocycles. The van der Waals surface area contributed by atoms with E-state index in [9.17, 15) is 5.11 Å². The quantitative estimate of drug-likeness (QED) is 0.890. The number of benzene rings is 2. The number of aliphatic hydroxyl groups is 1. The van der Waals surface area contributed by atoms with Crippen LogP contribution in [0.15, 0.2) is 53.0 Å². The Balaban J connectivity index is 2.27. The van der Waals surface area contributed by atoms with Crippen molar-refractivity contribution < 1.29 is 5.11 Å². The monoisotopic (exact) mass is 319 g/mol. The molecule has 2 N–H and O–H groups in total. The summed E-state index contributed by atoms with van der Waals surface area (Å²) in [5.41, 5.74) is 2.79. The van der Waals surface area contributed by atoms with Crippen molar-refractivity contribution >= 4 is 21.6 Å². The average Bonchev–Trinajstić information content (AvgIpc) is 2.42. The van der Waals surface area contributed by atoms with Gasteiger partial charge in [0.1, 0.15) is 0 Å². The van der Waals surface area contributed by atoms with Gasteiger partial charge in [0.2, 0.25) is 0 Å². The topological polar surface area (TPSA) is 32.3 Å². The molecule has 0 aliphatic heterocycles. The smallest absolute Gasteiger partial charge is 0.0828 e. The van der Waals surface area contributed by atoms with Crippen LogP contribution >= 0.6 is 15.9 Å². The van der Waals surface area contributed by atoms with E-state index in [-0.39, 0.29) is 6.61 Å². The second kappa shape index (κ2) is 5.76. The van der Waals surface area contributed by atoms with Gasteiger partial charge in [0.05, 0.1) is 12.1 Å². The van der Waals surface area contributed by atoms with Gasteiger partial charge in [-0.3, -0.25) is 0 Å². The molecule has 0 heterocycles. The Labute approximate surface area is 122 Å². The molecule has 2 aromatic rings. The van der Waals surface area contributed by atoms with Crippen LogP contribution in [0.2, 0.25) is 0 Å². The fourth-order valence-electron chi connectivity index (χ4n) is 1.98. The lowest BCUT2D eigenvalue weighted by Crippen LogP contribution is -2.35. The van der Waals surface area contributed by atoms with Crippen LogP contribution in [0.4, 0.5) is 5.69 Å². The van der Waals surface area contributed by atoms with E-state index in [4.69, 9.17) is 0 Å². The number of aliphatic hydroxyl groups excluding tert-OH is 1. The van der Waals surface area contributed by atoms with Crippen LogP contribution in [0.3, 0.4) is 0 Å². The lowest BCUT2D eigenvalue weighted by molar-refractivity contribution is 0.224. The van der Waals surface area contributed by atoms with Crippen LogP contribution in [-0.4, -0.2) is 11.7 Å². The number of rotatable bonds is 4. The van der Waals surface area contributed by atoms with E-state index in [0.717, 1.165) is 15.7 Å². The number of hydrogen-bond donors (Lipinski definition) is 2. The summed E-state index contributed by atoms with van der Waals surface area (Å²) in [4.78, 5) is 0. The zero-order valence-electron chi connectivity index (χ0n) is 11.2. The summed E-state index contributed by atoms with van der Waals surface area (Å²) >= 11 is 3.42. The fraction of sp³-hybridized carbons (Fsp3) is 0.250. The number of hydrogen-bond acceptors (Lipinski definition) is 2. The molecule has 0 amide bonds. The second-order valence-corrected chi connectivity index (χ2v) is 5.90. The number of anilines is 1. The normalized spacial score (nSPS) is 13.9. The third-order valence-corrected chi connectivity index (χ3v) is 3.80. The van der Waals surface area contributed by atoms with Gasteiger partial charge in [0.15, 0.2) is 0 Å². The number of nitrogens with one attached hydrogen (secondary N) is 1. The molecule has 0 saturated heterocycles. The molecule has 100 valence electrons. The molecule has 0 spiro atoms. The molecule has 19 heavy (non-hydrogen) atoms. The Morgan fingerprint density at radius 1 is 1.05 bits per heavy atom. The lowest BCUT2D eigenvalue weighted by atomic mass is 9.92. The number of aryl methyl sites for hydroxylation is 1. The van der Waals surface area contributed by atoms with Gasteiger partial charge in [-0.25, -0.2) is 0 Å². The highest BCUT2D eigenvalue weighted by Crippen LogP contribution is 2.26. The maximum Gasteiger partial charge on any atom is 0.0828 e. The van der Waals surface area contributed by atoms with Crippen molar-refractivity contribution in [3.63, 3.8) is 0 Å². The highest BCUT2D eigenvalue weighted by Gasteiger charge is 2.25. The van der Waals surface area contributed by atoms with Crippen LogP contribution in [0.25, 0.3) is 0 Å². The Morgan fingerprint density at radius 2 is 1.63 bits per heavy atom. The molecule has 0 aliphatic rings. The van der Waals surface area contributed by atoms with Crippen LogP contribution in [0, 0.1) is 6.92 Å². The Morgan fingerprint density at radius 3 is 2.16 bits per heavy atom. The molecule has 1 unspecified atom stereocenters. The first kappa shape index (κ1) is 14.1. The van der Waals surface area contributed by atoms with Gasteiger partial charge in [-0.05, 0) is 43.7 Å². The van der Waals surface area contributed by atoms with Gasteiger partial charge >= 0.3 is 0 Å². The molecule has 1 atom stereocenters. The fourth-order valence-corrected chi connectivity index (χ4v) is 2.24. The predicted octanol–water partition coefficient (Wildman–Crippen LogP) is 4.08. The van der Waals surface area contributed by atoms with E-state index in [1.165, 1.54) is 5.56 Å². The van der Waals surface area contributed by atoms with Crippen molar-refractivity contribution in [1.82, 2.24) is 0 Å². The van der Waals surface area contributed by atoms with Crippen molar-refractivity contribution in [1.29, 1.82) is 0 Å². The summed E-state index contributed by atoms with van der Waals surface area (Å²) in [6, 6.07) is 16.2. The zero-order chi connectivity index (χ0) is 13.9. The predicted molar refractivity (Wildman–Crippen MR) is 83.4 cm³/mol. The van der Waals surface area contributed by atoms with Crippen molar-refractivity contribution in [3.05, 3.63) is 64.1 Å². The summed E-state index contributed by atoms with van der Waals surface area (Å²) in [6.45, 7) is 4.09. The average molecular weight is 320 g/mol. The van der Waals surface area contributed by atoms with E-state index in [1.807, 2.05) is 31.2 Å². The SMILES string of the molecule is Cc1ccc(C(C)(CO)Nc2ccc(Br)cc2)cc1. The van der Waals surface area contributed by atoms with Crippen LogP contribution in [-0.2, 0) is 5.54 Å². The zero-order valence-corrected chi connectivity index (χ0v) is 12.7. The van der Waals surface area contributed by atoms with Crippen LogP contribution in [0.5, 0.6) is 0 Å². The van der Waals surface area contributed by atoms with Gasteiger partial charge in [0.25, 0.3) is 0 Å². The first-order valence-corrected chi connectivity index (χ1v) is 7.04. The van der Waals surface area contributed by atoms with Gasteiger partial charge < -0.3 is 10.4 Å². The molecule has 3 heteroatoms. The largest absolute Gasteiger partial charge is 0.394 e. The molecular weight excluding hydrogens is 302 g/mol. The molecular formula is C16H18BrNO. The van der Waals surface area contributed by atoms with Gasteiger partial charge in [-0.15, -0.1) is 0 Å². The highest BCUT2D eigenvalue weighted by molar-refractivity contribution is 9.10. The minimum atomic E-state index is -0.485. The maximum atomic E-state index is 9.75. The molecule has 0 fully saturated rings. The molecule has 0 aliphatic carbocycles. The van der Waals surface area contributed by atoms with Gasteiger partial charge in [-0.2, -0.15) is 0 Å². The van der Waals surface area contributed by atoms with E-state index >= 15 is 0 Å². The summed E-state index contributed by atoms with van der Waals surface area (Å²) in [6.07, 6.45) is 0. The summed E-state index contributed by atoms with van der Waals surface area (Å²) in [7, 11) is 0. The summed E-state index contributed by atoms with van der Waals surface area (Å²) in [5, 5.41) is 13.1. The third kappa shape index (κ3) is 3.37. The summed E-state index contributed by atoms with van der Waals surface area (Å²) in [5.74, 6) is 0. The lowest BCUT2D eigenvalue weighted by Gasteiger charge is -2.30. The Hall–Kier alpha value is -1.32. The Bertz CT molecular complexity index is 536. The van der Waals surface area contributed by atoms with Gasteiger partial charge in [-0.1, -0.05) is 45.8 Å². The first-order chi connectivity index (χ1) is 9.03. The molecule has 2 nitrogen and oxygen atoms in total. The van der Waals surface area contributed by atoms with Crippen molar-refractivity contribution in [2.45, 2.75) is 19.4 Å². The standard InChI is InChI=1S/C16H18BrNO/c1-12-3-5-13(6-4-12)16(2,11-19)18-15-9-7-14(17)8-10-15/h3-10,18-19H,11H2,1-2H3. The highest BCUT2D eigenvalue weighted by atomic mass is 79.9. The van der Waals surface area contributed by atoms with E-state index in [2.05, 4.69) is 52.4 Å². The molecule has 0 bridgehead atoms. The van der Waals surface area contributed by atoms with Crippen LogP contribution in [0.1, 0.15) is 18.1 Å². The first-order valence-electron chi connectivity index (χ1n) is 6.25. The molecule has 0 aromatic heterocycles. The minimum absolute atomic E-state index is 0.0339. The van der Waals surface area contributed by atoms with E-state index in [1.54, 1.807) is 0 Å². The van der Waals surface area contributed by atoms with Crippen molar-refractivity contribution in [2.75, 3.05) is 11.9 Å². The molecule has 2 rings (SSSR count). The second-order valence-electron chi connectivity index (χ2n) is 4.99. The molecule has 0 radical (unpaired) electrons. The summed E-state index contributed by atoms with van der Waals surface area (Å²) < 4.78 is 1.04. The third-order valence-electron chi connectivity index (χ3n) is 3.27. The van der Waals surface area contributed by atoms with E-state index < -0.39 is 5.54 Å². The van der Waals surface area contributed by atoms with Crippen molar-refractivity contribution in [3.8, 4) is 0 Å². The van der Waals surface area contributed by atoms with Gasteiger partial charge in [0, 0.05) is 10.2 Å².